The highest BCUT2D eigenvalue weighted by Crippen LogP contribution is 2.38. The fourth-order valence-corrected chi connectivity index (χ4v) is 5.70. The molecule has 1 aliphatic rings. The second-order valence-corrected chi connectivity index (χ2v) is 9.60. The van der Waals surface area contributed by atoms with Crippen molar-refractivity contribution in [2.45, 2.75) is 66.2 Å². The van der Waals surface area contributed by atoms with Crippen LogP contribution in [-0.4, -0.2) is 38.7 Å². The van der Waals surface area contributed by atoms with E-state index in [1.807, 2.05) is 33.8 Å². The molecular weight excluding hydrogens is 438 g/mol. The topological polar surface area (TPSA) is 99.0 Å². The van der Waals surface area contributed by atoms with Crippen molar-refractivity contribution in [3.05, 3.63) is 50.4 Å². The first-order valence-corrected chi connectivity index (χ1v) is 12.0. The number of rotatable bonds is 5. The van der Waals surface area contributed by atoms with Crippen LogP contribution < -0.4 is 5.32 Å². The molecule has 0 bridgehead atoms. The Labute approximate surface area is 197 Å². The maximum atomic E-state index is 13.1. The number of methoxy groups -OCH3 is 1. The van der Waals surface area contributed by atoms with Crippen molar-refractivity contribution >= 4 is 28.2 Å². The molecule has 0 fully saturated rings. The molecule has 1 N–H and O–H groups in total. The molecular formula is C24H29N5O3S. The maximum Gasteiger partial charge on any atom is 0.341 e. The Bertz CT molecular complexity index is 1210. The van der Waals surface area contributed by atoms with Crippen LogP contribution in [0.25, 0.3) is 5.95 Å². The standard InChI is InChI=1S/C24H29N5O3S/c1-13-11-14(2)26-24(25-13)29-16(4)18(15(3)28-29)12-20(30)27-22-21(23(31)32-5)17-9-7-6-8-10-19(17)33-22/h11H,6-10,12H2,1-5H3,(H,27,30). The molecule has 0 unspecified atom stereocenters. The Balaban J connectivity index is 1.60. The van der Waals surface area contributed by atoms with Gasteiger partial charge in [0.1, 0.15) is 5.00 Å². The molecule has 1 amide bonds. The van der Waals surface area contributed by atoms with Gasteiger partial charge in [0, 0.05) is 27.5 Å². The molecule has 9 heteroatoms. The van der Waals surface area contributed by atoms with Gasteiger partial charge in [0.25, 0.3) is 5.95 Å². The van der Waals surface area contributed by atoms with Gasteiger partial charge in [0.05, 0.1) is 24.8 Å². The van der Waals surface area contributed by atoms with E-state index in [1.165, 1.54) is 23.3 Å². The molecule has 3 aromatic heterocycles. The summed E-state index contributed by atoms with van der Waals surface area (Å²) in [6, 6.07) is 1.91. The summed E-state index contributed by atoms with van der Waals surface area (Å²) in [5.41, 5.74) is 5.66. The number of hydrogen-bond donors (Lipinski definition) is 1. The zero-order valence-electron chi connectivity index (χ0n) is 19.7. The second-order valence-electron chi connectivity index (χ2n) is 8.50. The SMILES string of the molecule is COC(=O)c1c(NC(=O)Cc2c(C)nn(-c3nc(C)cc(C)n3)c2C)sc2c1CCCCC2. The first-order chi connectivity index (χ1) is 15.8. The number of hydrogen-bond acceptors (Lipinski definition) is 7. The second kappa shape index (κ2) is 9.43. The highest BCUT2D eigenvalue weighted by Gasteiger charge is 2.27. The fraction of sp³-hybridized carbons (Fsp3) is 0.458. The number of aryl methyl sites for hydroxylation is 4. The number of carbonyl (C=O) groups excluding carboxylic acids is 2. The average Bonchev–Trinajstić information content (AvgIpc) is 3.12. The lowest BCUT2D eigenvalue weighted by molar-refractivity contribution is -0.115. The number of amides is 1. The van der Waals surface area contributed by atoms with E-state index in [1.54, 1.807) is 4.68 Å². The summed E-state index contributed by atoms with van der Waals surface area (Å²) >= 11 is 1.50. The zero-order valence-corrected chi connectivity index (χ0v) is 20.6. The van der Waals surface area contributed by atoms with E-state index >= 15 is 0 Å². The highest BCUT2D eigenvalue weighted by atomic mass is 32.1. The zero-order chi connectivity index (χ0) is 23.7. The van der Waals surface area contributed by atoms with Crippen LogP contribution in [0.3, 0.4) is 0 Å². The molecule has 8 nitrogen and oxygen atoms in total. The Morgan fingerprint density at radius 2 is 1.79 bits per heavy atom. The van der Waals surface area contributed by atoms with Gasteiger partial charge in [0.2, 0.25) is 5.91 Å². The first-order valence-electron chi connectivity index (χ1n) is 11.2. The van der Waals surface area contributed by atoms with Crippen molar-refractivity contribution in [2.24, 2.45) is 0 Å². The van der Waals surface area contributed by atoms with Crippen molar-refractivity contribution in [1.29, 1.82) is 0 Å². The number of aromatic nitrogens is 4. The molecule has 1 aliphatic carbocycles. The summed E-state index contributed by atoms with van der Waals surface area (Å²) in [6.07, 6.45) is 5.20. The van der Waals surface area contributed by atoms with Crippen LogP contribution in [0.1, 0.15) is 68.4 Å². The number of nitrogens with one attached hydrogen (secondary N) is 1. The number of esters is 1. The summed E-state index contributed by atoms with van der Waals surface area (Å²) < 4.78 is 6.73. The van der Waals surface area contributed by atoms with Crippen LogP contribution in [0.4, 0.5) is 5.00 Å². The van der Waals surface area contributed by atoms with Gasteiger partial charge < -0.3 is 10.1 Å². The molecule has 3 aromatic rings. The van der Waals surface area contributed by atoms with Gasteiger partial charge in [-0.05, 0) is 65.0 Å². The smallest absolute Gasteiger partial charge is 0.341 e. The molecule has 0 radical (unpaired) electrons. The van der Waals surface area contributed by atoms with E-state index in [4.69, 9.17) is 4.74 Å². The van der Waals surface area contributed by atoms with E-state index < -0.39 is 5.97 Å². The molecule has 0 aliphatic heterocycles. The Hall–Kier alpha value is -3.07. The van der Waals surface area contributed by atoms with Gasteiger partial charge in [-0.3, -0.25) is 4.79 Å². The lowest BCUT2D eigenvalue weighted by atomic mass is 10.1. The van der Waals surface area contributed by atoms with Crippen molar-refractivity contribution in [2.75, 3.05) is 12.4 Å². The number of ether oxygens (including phenoxy) is 1. The summed E-state index contributed by atoms with van der Waals surface area (Å²) in [6.45, 7) is 7.62. The average molecular weight is 468 g/mol. The number of fused-ring (bicyclic) bond motifs is 1. The first kappa shape index (κ1) is 23.1. The van der Waals surface area contributed by atoms with Gasteiger partial charge in [0.15, 0.2) is 0 Å². The third kappa shape index (κ3) is 4.68. The van der Waals surface area contributed by atoms with Gasteiger partial charge >= 0.3 is 5.97 Å². The Morgan fingerprint density at radius 3 is 2.48 bits per heavy atom. The van der Waals surface area contributed by atoms with Crippen molar-refractivity contribution < 1.29 is 14.3 Å². The maximum absolute atomic E-state index is 13.1. The normalized spacial score (nSPS) is 13.4. The quantitative estimate of drug-likeness (QED) is 0.446. The predicted octanol–water partition coefficient (Wildman–Crippen LogP) is 4.19. The van der Waals surface area contributed by atoms with Crippen LogP contribution in [0.2, 0.25) is 0 Å². The van der Waals surface area contributed by atoms with Gasteiger partial charge in [-0.1, -0.05) is 6.42 Å². The van der Waals surface area contributed by atoms with E-state index in [-0.39, 0.29) is 12.3 Å². The Morgan fingerprint density at radius 1 is 1.09 bits per heavy atom. The molecule has 33 heavy (non-hydrogen) atoms. The van der Waals surface area contributed by atoms with Crippen molar-refractivity contribution in [1.82, 2.24) is 19.7 Å². The largest absolute Gasteiger partial charge is 0.465 e. The number of carbonyl (C=O) groups is 2. The number of anilines is 1. The number of thiophene rings is 1. The lowest BCUT2D eigenvalue weighted by Crippen LogP contribution is -2.17. The molecule has 0 saturated carbocycles. The predicted molar refractivity (Wildman–Crippen MR) is 127 cm³/mol. The molecule has 0 aromatic carbocycles. The number of nitrogens with zero attached hydrogens (tertiary/aromatic N) is 4. The molecule has 0 saturated heterocycles. The molecule has 174 valence electrons. The van der Waals surface area contributed by atoms with E-state index in [2.05, 4.69) is 20.4 Å². The van der Waals surface area contributed by atoms with Crippen LogP contribution in [-0.2, 0) is 28.8 Å². The summed E-state index contributed by atoms with van der Waals surface area (Å²) in [4.78, 5) is 35.8. The molecule has 0 spiro atoms. The fourth-order valence-electron chi connectivity index (χ4n) is 4.41. The summed E-state index contributed by atoms with van der Waals surface area (Å²) in [7, 11) is 1.38. The van der Waals surface area contributed by atoms with Crippen molar-refractivity contribution in [3.8, 4) is 5.95 Å². The van der Waals surface area contributed by atoms with Crippen molar-refractivity contribution in [3.63, 3.8) is 0 Å². The minimum absolute atomic E-state index is 0.144. The summed E-state index contributed by atoms with van der Waals surface area (Å²) in [5.74, 6) is -0.0877. The van der Waals surface area contributed by atoms with Crippen LogP contribution in [0.15, 0.2) is 6.07 Å². The van der Waals surface area contributed by atoms with E-state index in [9.17, 15) is 9.59 Å². The molecule has 3 heterocycles. The van der Waals surface area contributed by atoms with Crippen LogP contribution >= 0.6 is 11.3 Å². The van der Waals surface area contributed by atoms with Gasteiger partial charge in [-0.25, -0.2) is 19.4 Å². The van der Waals surface area contributed by atoms with Gasteiger partial charge in [-0.2, -0.15) is 5.10 Å². The minimum Gasteiger partial charge on any atom is -0.465 e. The van der Waals surface area contributed by atoms with E-state index in [0.29, 0.717) is 16.5 Å². The van der Waals surface area contributed by atoms with Crippen LogP contribution in [0.5, 0.6) is 0 Å². The van der Waals surface area contributed by atoms with Crippen LogP contribution in [0, 0.1) is 27.7 Å². The third-order valence-electron chi connectivity index (χ3n) is 6.00. The summed E-state index contributed by atoms with van der Waals surface area (Å²) in [5, 5.41) is 8.15. The Kier molecular flexibility index (Phi) is 6.60. The monoisotopic (exact) mass is 467 g/mol. The highest BCUT2D eigenvalue weighted by molar-refractivity contribution is 7.17. The molecule has 4 rings (SSSR count). The molecule has 0 atom stereocenters. The lowest BCUT2D eigenvalue weighted by Gasteiger charge is -2.08. The van der Waals surface area contributed by atoms with E-state index in [0.717, 1.165) is 66.0 Å². The minimum atomic E-state index is -0.392. The van der Waals surface area contributed by atoms with Gasteiger partial charge in [-0.15, -0.1) is 11.3 Å². The third-order valence-corrected chi connectivity index (χ3v) is 7.21.